The van der Waals surface area contributed by atoms with Gasteiger partial charge in [0.1, 0.15) is 10.8 Å². The number of ether oxygens (including phenoxy) is 1. The van der Waals surface area contributed by atoms with Gasteiger partial charge >= 0.3 is 0 Å². The van der Waals surface area contributed by atoms with Crippen LogP contribution in [0, 0.1) is 5.92 Å². The van der Waals surface area contributed by atoms with E-state index in [2.05, 4.69) is 15.5 Å². The third-order valence-electron chi connectivity index (χ3n) is 2.58. The van der Waals surface area contributed by atoms with Gasteiger partial charge < -0.3 is 10.1 Å². The van der Waals surface area contributed by atoms with Crippen molar-refractivity contribution in [2.24, 2.45) is 5.92 Å². The molecule has 1 aromatic heterocycles. The van der Waals surface area contributed by atoms with Gasteiger partial charge in [-0.05, 0) is 18.1 Å². The number of nitrogens with zero attached hydrogens (tertiary/aromatic N) is 2. The predicted molar refractivity (Wildman–Crippen MR) is 80.0 cm³/mol. The lowest BCUT2D eigenvalue weighted by atomic mass is 10.1. The summed E-state index contributed by atoms with van der Waals surface area (Å²) in [6, 6.07) is 7.59. The highest BCUT2D eigenvalue weighted by atomic mass is 32.1. The molecule has 0 saturated heterocycles. The third kappa shape index (κ3) is 3.77. The highest BCUT2D eigenvalue weighted by Crippen LogP contribution is 2.28. The summed E-state index contributed by atoms with van der Waals surface area (Å²) >= 11 is 1.35. The van der Waals surface area contributed by atoms with Crippen molar-refractivity contribution in [3.05, 3.63) is 24.3 Å². The molecule has 5 nitrogen and oxygen atoms in total. The van der Waals surface area contributed by atoms with Gasteiger partial charge in [0, 0.05) is 12.0 Å². The van der Waals surface area contributed by atoms with E-state index in [1.807, 2.05) is 38.1 Å². The van der Waals surface area contributed by atoms with E-state index in [0.29, 0.717) is 17.5 Å². The van der Waals surface area contributed by atoms with E-state index in [0.717, 1.165) is 16.3 Å². The molecule has 1 amide bonds. The summed E-state index contributed by atoms with van der Waals surface area (Å²) in [4.78, 5) is 11.7. The summed E-state index contributed by atoms with van der Waals surface area (Å²) in [5.74, 6) is 1.05. The first-order valence-corrected chi connectivity index (χ1v) is 7.18. The zero-order valence-electron chi connectivity index (χ0n) is 11.7. The smallest absolute Gasteiger partial charge is 0.226 e. The number of benzene rings is 1. The average molecular weight is 291 g/mol. The van der Waals surface area contributed by atoms with E-state index in [1.54, 1.807) is 7.11 Å². The van der Waals surface area contributed by atoms with Crippen molar-refractivity contribution in [2.45, 2.75) is 20.3 Å². The molecular formula is C14H17N3O2S. The van der Waals surface area contributed by atoms with Gasteiger partial charge in [0.05, 0.1) is 7.11 Å². The number of amides is 1. The van der Waals surface area contributed by atoms with Gasteiger partial charge in [-0.15, -0.1) is 10.2 Å². The van der Waals surface area contributed by atoms with Gasteiger partial charge in [-0.1, -0.05) is 37.3 Å². The molecule has 1 heterocycles. The van der Waals surface area contributed by atoms with Crippen LogP contribution in [-0.2, 0) is 4.79 Å². The number of hydrogen-bond donors (Lipinski definition) is 1. The van der Waals surface area contributed by atoms with Crippen LogP contribution in [0.3, 0.4) is 0 Å². The van der Waals surface area contributed by atoms with Gasteiger partial charge in [-0.2, -0.15) is 0 Å². The Labute approximate surface area is 122 Å². The van der Waals surface area contributed by atoms with Crippen molar-refractivity contribution in [3.63, 3.8) is 0 Å². The van der Waals surface area contributed by atoms with Gasteiger partial charge in [0.2, 0.25) is 11.0 Å². The molecule has 1 aromatic carbocycles. The molecule has 20 heavy (non-hydrogen) atoms. The van der Waals surface area contributed by atoms with E-state index in [4.69, 9.17) is 4.74 Å². The fraction of sp³-hybridized carbons (Fsp3) is 0.357. The molecule has 2 aromatic rings. The maximum Gasteiger partial charge on any atom is 0.226 e. The van der Waals surface area contributed by atoms with Crippen LogP contribution >= 0.6 is 11.3 Å². The summed E-state index contributed by atoms with van der Waals surface area (Å²) in [5.41, 5.74) is 0.922. The molecule has 0 spiro atoms. The number of methoxy groups -OCH3 is 1. The Morgan fingerprint density at radius 3 is 2.90 bits per heavy atom. The Balaban J connectivity index is 2.10. The fourth-order valence-corrected chi connectivity index (χ4v) is 2.44. The van der Waals surface area contributed by atoms with Crippen molar-refractivity contribution in [1.29, 1.82) is 0 Å². The van der Waals surface area contributed by atoms with E-state index < -0.39 is 0 Å². The van der Waals surface area contributed by atoms with Gasteiger partial charge in [0.15, 0.2) is 0 Å². The Hall–Kier alpha value is -1.95. The third-order valence-corrected chi connectivity index (χ3v) is 3.47. The molecule has 0 aliphatic rings. The molecule has 0 fully saturated rings. The summed E-state index contributed by atoms with van der Waals surface area (Å²) in [7, 11) is 1.62. The fourth-order valence-electron chi connectivity index (χ4n) is 1.69. The molecular weight excluding hydrogens is 274 g/mol. The highest BCUT2D eigenvalue weighted by Gasteiger charge is 2.11. The van der Waals surface area contributed by atoms with Crippen LogP contribution in [0.25, 0.3) is 10.6 Å². The van der Waals surface area contributed by atoms with Crippen molar-refractivity contribution < 1.29 is 9.53 Å². The van der Waals surface area contributed by atoms with Crippen molar-refractivity contribution in [1.82, 2.24) is 10.2 Å². The minimum Gasteiger partial charge on any atom is -0.497 e. The maximum atomic E-state index is 11.7. The molecule has 0 unspecified atom stereocenters. The number of carbonyl (C=O) groups excluding carboxylic acids is 1. The lowest BCUT2D eigenvalue weighted by molar-refractivity contribution is -0.116. The molecule has 0 atom stereocenters. The second kappa shape index (κ2) is 6.47. The van der Waals surface area contributed by atoms with Crippen LogP contribution < -0.4 is 10.1 Å². The largest absolute Gasteiger partial charge is 0.497 e. The topological polar surface area (TPSA) is 64.1 Å². The molecule has 106 valence electrons. The molecule has 0 saturated carbocycles. The maximum absolute atomic E-state index is 11.7. The SMILES string of the molecule is COc1cccc(-c2nnc(NC(=O)CC(C)C)s2)c1. The average Bonchev–Trinajstić information content (AvgIpc) is 2.86. The molecule has 0 radical (unpaired) electrons. The molecule has 1 N–H and O–H groups in total. The number of rotatable bonds is 5. The quantitative estimate of drug-likeness (QED) is 0.918. The van der Waals surface area contributed by atoms with Gasteiger partial charge in [-0.25, -0.2) is 0 Å². The first-order valence-electron chi connectivity index (χ1n) is 6.36. The predicted octanol–water partition coefficient (Wildman–Crippen LogP) is 3.20. The number of carbonyl (C=O) groups is 1. The summed E-state index contributed by atoms with van der Waals surface area (Å²) in [5, 5.41) is 12.1. The van der Waals surface area contributed by atoms with E-state index in [9.17, 15) is 4.79 Å². The van der Waals surface area contributed by atoms with Gasteiger partial charge in [-0.3, -0.25) is 4.79 Å². The zero-order valence-corrected chi connectivity index (χ0v) is 12.5. The van der Waals surface area contributed by atoms with Crippen molar-refractivity contribution in [2.75, 3.05) is 12.4 Å². The monoisotopic (exact) mass is 291 g/mol. The summed E-state index contributed by atoms with van der Waals surface area (Å²) in [6.07, 6.45) is 0.480. The number of anilines is 1. The Bertz CT molecular complexity index is 596. The minimum atomic E-state index is -0.0339. The minimum absolute atomic E-state index is 0.0339. The number of aromatic nitrogens is 2. The second-order valence-electron chi connectivity index (χ2n) is 4.79. The van der Waals surface area contributed by atoms with Crippen LogP contribution in [0.15, 0.2) is 24.3 Å². The van der Waals surface area contributed by atoms with Crippen molar-refractivity contribution >= 4 is 22.4 Å². The van der Waals surface area contributed by atoms with Gasteiger partial charge in [0.25, 0.3) is 0 Å². The molecule has 0 aliphatic carbocycles. The molecule has 0 aliphatic heterocycles. The molecule has 2 rings (SSSR count). The first kappa shape index (κ1) is 14.5. The Kier molecular flexibility index (Phi) is 4.68. The normalized spacial score (nSPS) is 10.6. The second-order valence-corrected chi connectivity index (χ2v) is 5.77. The zero-order chi connectivity index (χ0) is 14.5. The number of hydrogen-bond acceptors (Lipinski definition) is 5. The summed E-state index contributed by atoms with van der Waals surface area (Å²) in [6.45, 7) is 4.00. The van der Waals surface area contributed by atoms with E-state index >= 15 is 0 Å². The lowest BCUT2D eigenvalue weighted by Gasteiger charge is -2.03. The van der Waals surface area contributed by atoms with Crippen LogP contribution in [0.2, 0.25) is 0 Å². The Morgan fingerprint density at radius 2 is 2.20 bits per heavy atom. The molecule has 0 bridgehead atoms. The standard InChI is InChI=1S/C14H17N3O2S/c1-9(2)7-12(18)15-14-17-16-13(20-14)10-5-4-6-11(8-10)19-3/h4-6,8-9H,7H2,1-3H3,(H,15,17,18). The van der Waals surface area contributed by atoms with Crippen LogP contribution in [0.4, 0.5) is 5.13 Å². The molecule has 6 heteroatoms. The highest BCUT2D eigenvalue weighted by molar-refractivity contribution is 7.18. The Morgan fingerprint density at radius 1 is 1.40 bits per heavy atom. The van der Waals surface area contributed by atoms with Crippen molar-refractivity contribution in [3.8, 4) is 16.3 Å². The van der Waals surface area contributed by atoms with E-state index in [1.165, 1.54) is 11.3 Å². The summed E-state index contributed by atoms with van der Waals surface area (Å²) < 4.78 is 5.18. The van der Waals surface area contributed by atoms with E-state index in [-0.39, 0.29) is 5.91 Å². The van der Waals surface area contributed by atoms with Crippen LogP contribution in [0.1, 0.15) is 20.3 Å². The van der Waals surface area contributed by atoms with Crippen LogP contribution in [-0.4, -0.2) is 23.2 Å². The lowest BCUT2D eigenvalue weighted by Crippen LogP contribution is -2.13. The number of nitrogens with one attached hydrogen (secondary N) is 1. The van der Waals surface area contributed by atoms with Crippen LogP contribution in [0.5, 0.6) is 5.75 Å². The first-order chi connectivity index (χ1) is 9.58.